The molecule has 0 spiro atoms. The highest BCUT2D eigenvalue weighted by atomic mass is 127. The highest BCUT2D eigenvalue weighted by Crippen LogP contribution is 2.41. The summed E-state index contributed by atoms with van der Waals surface area (Å²) in [6, 6.07) is 36.4. The number of alkyl halides is 3. The molecule has 0 atom stereocenters. The molecule has 5 aromatic carbocycles. The molecule has 37 heteroatoms. The van der Waals surface area contributed by atoms with E-state index < -0.39 is 0 Å². The molecule has 0 radical (unpaired) electrons. The number of nitrogens with one attached hydrogen (secondary N) is 4. The van der Waals surface area contributed by atoms with Crippen molar-refractivity contribution in [3.05, 3.63) is 172 Å². The van der Waals surface area contributed by atoms with Gasteiger partial charge in [-0.05, 0) is 239 Å². The van der Waals surface area contributed by atoms with Crippen molar-refractivity contribution in [1.82, 2.24) is 20.0 Å². The first kappa shape index (κ1) is 115. The zero-order chi connectivity index (χ0) is 83.4. The summed E-state index contributed by atoms with van der Waals surface area (Å²) in [6.45, 7) is 23.4. The first-order valence-corrected chi connectivity index (χ1v) is 51.0. The number of nitrogen functional groups attached to an aromatic ring is 1. The maximum absolute atomic E-state index is 10.9. The number of non-ortho nitro benzene ring substituents is 3. The molecule has 4 fully saturated rings. The summed E-state index contributed by atoms with van der Waals surface area (Å²) in [5.41, 5.74) is 15.3. The van der Waals surface area contributed by atoms with E-state index >= 15 is 0 Å². The Kier molecular flexibility index (Phi) is 62.1. The van der Waals surface area contributed by atoms with Crippen LogP contribution in [0.25, 0.3) is 0 Å². The van der Waals surface area contributed by atoms with Crippen LogP contribution in [0.4, 0.5) is 51.2 Å². The number of nitrogens with two attached hydrogens (primary N) is 3. The maximum Gasteiger partial charge on any atom is 0.270 e. The summed E-state index contributed by atoms with van der Waals surface area (Å²) in [6.07, 6.45) is 19.4. The van der Waals surface area contributed by atoms with E-state index in [0.29, 0.717) is 10.9 Å². The Morgan fingerprint density at radius 2 is 0.854 bits per heavy atom. The third kappa shape index (κ3) is 40.5. The Labute approximate surface area is 813 Å². The summed E-state index contributed by atoms with van der Waals surface area (Å²) in [4.78, 5) is 56.4. The molecular weight excluding hydrogens is 2000 g/mol. The summed E-state index contributed by atoms with van der Waals surface area (Å²) in [5, 5.41) is 58.8. The molecule has 9 aliphatic rings. The van der Waals surface area contributed by atoms with Gasteiger partial charge in [0, 0.05) is 187 Å². The number of nitro groups is 3. The fourth-order valence-corrected chi connectivity index (χ4v) is 22.6. The van der Waals surface area contributed by atoms with E-state index in [4.69, 9.17) is 39.8 Å². The highest BCUT2D eigenvalue weighted by molar-refractivity contribution is 14.1. The minimum atomic E-state index is -0.366. The average molecular weight is 2130 g/mol. The zero-order valence-corrected chi connectivity index (χ0v) is 82.0. The number of nitrogens with zero attached hydrogens (tertiary/aromatic N) is 10. The van der Waals surface area contributed by atoms with Crippen LogP contribution in [-0.4, -0.2) is 228 Å². The van der Waals surface area contributed by atoms with E-state index in [1.165, 1.54) is 222 Å². The van der Waals surface area contributed by atoms with Gasteiger partial charge in [0.25, 0.3) is 17.1 Å². The monoisotopic (exact) mass is 2130 g/mol. The van der Waals surface area contributed by atoms with E-state index in [9.17, 15) is 30.3 Å². The van der Waals surface area contributed by atoms with Gasteiger partial charge in [-0.1, -0.05) is 63.1 Å². The van der Waals surface area contributed by atoms with Crippen LogP contribution < -0.4 is 47.7 Å². The normalized spacial score (nSPS) is 15.5. The average Bonchev–Trinajstić information content (AvgIpc) is 1.45. The number of hydrogen-bond acceptors (Lipinski definition) is 28. The number of thiophene rings is 2. The summed E-state index contributed by atoms with van der Waals surface area (Å²) in [5.74, 6) is 14.8. The van der Waals surface area contributed by atoms with Crippen LogP contribution in [0.2, 0.25) is 0 Å². The molecular formula is C86H134Cl3I2N17O7S8. The van der Waals surface area contributed by atoms with Crippen molar-refractivity contribution < 1.29 is 20.2 Å². The molecule has 0 amide bonds. The van der Waals surface area contributed by atoms with Gasteiger partial charge in [0.05, 0.1) is 48.1 Å². The van der Waals surface area contributed by atoms with Gasteiger partial charge >= 0.3 is 0 Å². The third-order valence-corrected chi connectivity index (χ3v) is 29.3. The topological polar surface area (TPSA) is 333 Å². The maximum atomic E-state index is 10.9. The molecule has 123 heavy (non-hydrogen) atoms. The van der Waals surface area contributed by atoms with Gasteiger partial charge in [-0.2, -0.15) is 0 Å². The molecule has 7 aromatic rings. The lowest BCUT2D eigenvalue weighted by Gasteiger charge is -2.31. The second-order valence-electron chi connectivity index (χ2n) is 28.5. The van der Waals surface area contributed by atoms with Crippen molar-refractivity contribution in [2.75, 3.05) is 213 Å². The summed E-state index contributed by atoms with van der Waals surface area (Å²) in [7, 11) is 0. The van der Waals surface area contributed by atoms with Crippen molar-refractivity contribution in [2.24, 2.45) is 11.7 Å². The molecule has 12 N–H and O–H groups in total. The van der Waals surface area contributed by atoms with Crippen LogP contribution in [0.3, 0.4) is 0 Å². The van der Waals surface area contributed by atoms with Crippen molar-refractivity contribution in [3.63, 3.8) is 0 Å². The number of hydrogen-bond donors (Lipinski definition) is 7. The zero-order valence-electron chi connectivity index (χ0n) is 68.7. The van der Waals surface area contributed by atoms with Crippen LogP contribution >= 0.6 is 175 Å². The molecule has 0 aliphatic carbocycles. The second-order valence-corrected chi connectivity index (χ2v) is 38.7. The van der Waals surface area contributed by atoms with E-state index in [1.54, 1.807) is 94.4 Å². The number of rotatable bonds is 24. The SMILES string of the molecule is C.C.C.C1CCNC1.CSC(=N)c1cccs1.Cl.ClCCCI.I.N=C(Cc1ccc2c(c1)SCCN2CCCN1CCCC1)c1cccs1.NN.Nc1ccc2c(c1)SCCN2CCCN1CCCC1.O.O=[N+]([O-])c1ccc2c(c1)SCCN2.O=[N+]([O-])c1ccc2c(c1)SCCN2CCCCl.O=[N+]([O-])c1ccc2c(c1)SCCN2CCCN1CCCC1. The van der Waals surface area contributed by atoms with Gasteiger partial charge in [-0.15, -0.1) is 153 Å². The minimum Gasteiger partial charge on any atom is -0.412 e. The molecule has 2 aromatic heterocycles. The lowest BCUT2D eigenvalue weighted by molar-refractivity contribution is -0.385. The fraction of sp³-hybridized carbons (Fsp3) is 0.535. The van der Waals surface area contributed by atoms with Gasteiger partial charge in [0.15, 0.2) is 0 Å². The summed E-state index contributed by atoms with van der Waals surface area (Å²) >= 11 is 27.0. The van der Waals surface area contributed by atoms with Gasteiger partial charge in [-0.3, -0.25) is 47.4 Å². The number of benzene rings is 5. The third-order valence-electron chi connectivity index (χ3n) is 20.2. The van der Waals surface area contributed by atoms with Gasteiger partial charge in [0.2, 0.25) is 0 Å². The second kappa shape index (κ2) is 66.4. The smallest absolute Gasteiger partial charge is 0.270 e. The number of thioether (sulfide) groups is 6. The number of nitro benzene ring substituents is 3. The number of anilines is 6. The Bertz CT molecular complexity index is 4100. The first-order valence-electron chi connectivity index (χ1n) is 40.5. The van der Waals surface area contributed by atoms with Crippen LogP contribution in [0.1, 0.15) is 121 Å². The molecule has 688 valence electrons. The largest absolute Gasteiger partial charge is 0.412 e. The Morgan fingerprint density at radius 1 is 0.480 bits per heavy atom. The lowest BCUT2D eigenvalue weighted by atomic mass is 10.1. The molecule has 16 rings (SSSR count). The molecule has 4 saturated heterocycles. The number of likely N-dealkylation sites (tertiary alicyclic amines) is 3. The molecule has 9 aliphatic heterocycles. The fourth-order valence-electron chi connectivity index (χ4n) is 14.3. The van der Waals surface area contributed by atoms with Crippen LogP contribution in [0.15, 0.2) is 150 Å². The number of fused-ring (bicyclic) bond motifs is 5. The van der Waals surface area contributed by atoms with Crippen LogP contribution in [-0.2, 0) is 6.42 Å². The minimum absolute atomic E-state index is 0. The molecule has 0 saturated carbocycles. The van der Waals surface area contributed by atoms with E-state index in [-0.39, 0.29) is 96.0 Å². The Morgan fingerprint density at radius 3 is 1.23 bits per heavy atom. The molecule has 11 heterocycles. The Balaban J connectivity index is 0.000000491. The van der Waals surface area contributed by atoms with Gasteiger partial charge < -0.3 is 61.6 Å². The number of hydrazine groups is 1. The first-order chi connectivity index (χ1) is 57.1. The van der Waals surface area contributed by atoms with Crippen LogP contribution in [0.5, 0.6) is 0 Å². The summed E-state index contributed by atoms with van der Waals surface area (Å²) < 4.78 is 1.18. The van der Waals surface area contributed by atoms with Gasteiger partial charge in [-0.25, -0.2) is 0 Å². The van der Waals surface area contributed by atoms with Crippen molar-refractivity contribution in [3.8, 4) is 0 Å². The van der Waals surface area contributed by atoms with E-state index in [0.717, 1.165) is 135 Å². The van der Waals surface area contributed by atoms with Crippen molar-refractivity contribution in [2.45, 2.75) is 137 Å². The Hall–Kier alpha value is -4.01. The highest BCUT2D eigenvalue weighted by Gasteiger charge is 2.25. The standard InChI is InChI=1S/C21H27N3S2.C15H21N3O2S.C15H23N3S.C11H13ClN2O2S.C8H8N2O2S.C6H7NS2.C4H9N.C3H6ClI.3CH4.ClH.HI.H4N2.H2O/c22-18(20-5-3-13-25-20)15-17-6-7-19-21(16-17)26-14-12-24(19)11-4-10-23-8-1-2-9-23;19-18(20)13-4-5-14-15(12-13)21-11-10-17(14)9-3-8-16-6-1-2-7-16;16-13-4-5-14-15(12-13)19-11-10-18(14)9-3-8-17-6-1-2-7-17;12-4-1-5-13-6-7-17-11-8-9(14(15)16)2-3-10(11)13;11-10(12)6-1-2-7-8(5-6)13-4-3-9-7;1-8-6(7)5-3-2-4-9-5;1-2-4-5-3-1;4-2-1-3-5;;;;;;1-2;/h3,5-7,13,16,22H,1-2,4,8-12,14-15H2;4-5,12H,1-3,6-11H2;4-5,12H,1-3,6-11,16H2;2-3,8H,1,4-7H2;1-2,5,9H,3-4H2;2-4,7H,1H3;5H,1-4H2;1-3H2;3*1H4;2*1H;1-2H2;1H2. The van der Waals surface area contributed by atoms with E-state index in [1.807, 2.05) is 83.0 Å². The van der Waals surface area contributed by atoms with E-state index in [2.05, 4.69) is 110 Å². The van der Waals surface area contributed by atoms with Crippen molar-refractivity contribution >= 4 is 237 Å². The van der Waals surface area contributed by atoms with Crippen molar-refractivity contribution in [1.29, 1.82) is 10.8 Å². The molecule has 0 bridgehead atoms. The molecule has 24 nitrogen and oxygen atoms in total. The predicted octanol–water partition coefficient (Wildman–Crippen LogP) is 21.5. The predicted molar refractivity (Wildman–Crippen MR) is 564 cm³/mol. The van der Waals surface area contributed by atoms with Crippen LogP contribution in [0, 0.1) is 41.2 Å². The van der Waals surface area contributed by atoms with Gasteiger partial charge in [0.1, 0.15) is 5.04 Å². The quantitative estimate of drug-likeness (QED) is 0.00432. The molecule has 0 unspecified atom stereocenters. The number of halogens is 5. The lowest BCUT2D eigenvalue weighted by Crippen LogP contribution is -2.32.